The van der Waals surface area contributed by atoms with Crippen LogP contribution in [0, 0.1) is 5.92 Å². The van der Waals surface area contributed by atoms with Gasteiger partial charge in [-0.1, -0.05) is 49.8 Å². The third kappa shape index (κ3) is 2.60. The Morgan fingerprint density at radius 3 is 2.85 bits per heavy atom. The quantitative estimate of drug-likeness (QED) is 0.754. The Labute approximate surface area is 122 Å². The van der Waals surface area contributed by atoms with Crippen LogP contribution in [-0.4, -0.2) is 6.10 Å². The fourth-order valence-electron chi connectivity index (χ4n) is 2.97. The maximum absolute atomic E-state index is 5.94. The van der Waals surface area contributed by atoms with Gasteiger partial charge in [0.1, 0.15) is 0 Å². The fourth-order valence-corrected chi connectivity index (χ4v) is 2.97. The lowest BCUT2D eigenvalue weighted by atomic mass is 9.98. The maximum atomic E-state index is 5.94. The summed E-state index contributed by atoms with van der Waals surface area (Å²) in [6.45, 7) is 7.30. The number of ether oxygens (including phenoxy) is 1. The summed E-state index contributed by atoms with van der Waals surface area (Å²) in [5.74, 6) is 0.573. The van der Waals surface area contributed by atoms with Gasteiger partial charge in [0, 0.05) is 0 Å². The third-order valence-electron chi connectivity index (χ3n) is 4.59. The topological polar surface area (TPSA) is 9.23 Å². The molecular formula is C19H24O. The first-order valence-corrected chi connectivity index (χ1v) is 7.77. The second-order valence-corrected chi connectivity index (χ2v) is 6.39. The monoisotopic (exact) mass is 268 g/mol. The Morgan fingerprint density at radius 2 is 2.05 bits per heavy atom. The van der Waals surface area contributed by atoms with Gasteiger partial charge in [0.05, 0.1) is 12.7 Å². The molecule has 1 heteroatoms. The van der Waals surface area contributed by atoms with Crippen molar-refractivity contribution in [2.75, 3.05) is 0 Å². The summed E-state index contributed by atoms with van der Waals surface area (Å²) in [5.41, 5.74) is 7.34. The highest BCUT2D eigenvalue weighted by molar-refractivity contribution is 5.83. The Balaban J connectivity index is 1.72. The first-order chi connectivity index (χ1) is 9.65. The first-order valence-electron chi connectivity index (χ1n) is 7.77. The molecule has 0 radical (unpaired) electrons. The van der Waals surface area contributed by atoms with E-state index >= 15 is 0 Å². The number of hydrogen-bond donors (Lipinski definition) is 0. The minimum Gasteiger partial charge on any atom is -0.374 e. The molecule has 0 aromatic heterocycles. The molecule has 2 aliphatic carbocycles. The lowest BCUT2D eigenvalue weighted by molar-refractivity contribution is 0.0235. The highest BCUT2D eigenvalue weighted by Crippen LogP contribution is 2.38. The maximum Gasteiger partial charge on any atom is 0.0720 e. The normalized spacial score (nSPS) is 18.4. The van der Waals surface area contributed by atoms with E-state index in [-0.39, 0.29) is 0 Å². The lowest BCUT2D eigenvalue weighted by Gasteiger charge is -2.17. The standard InChI is InChI=1S/C19H24O/c1-13(2)14(3)20-12-15-8-9-19-17(10-15)11-16-6-4-5-7-18(16)19/h5,7-10,13-14H,4,6,11-12H2,1-3H3. The van der Waals surface area contributed by atoms with Gasteiger partial charge in [0.15, 0.2) is 0 Å². The van der Waals surface area contributed by atoms with E-state index in [0.29, 0.717) is 12.0 Å². The zero-order chi connectivity index (χ0) is 14.1. The van der Waals surface area contributed by atoms with Gasteiger partial charge in [-0.15, -0.1) is 0 Å². The molecule has 20 heavy (non-hydrogen) atoms. The predicted octanol–water partition coefficient (Wildman–Crippen LogP) is 4.91. The molecule has 1 aromatic carbocycles. The number of rotatable bonds is 4. The van der Waals surface area contributed by atoms with Crippen molar-refractivity contribution in [2.45, 2.75) is 52.7 Å². The summed E-state index contributed by atoms with van der Waals surface area (Å²) in [5, 5.41) is 0. The van der Waals surface area contributed by atoms with Crippen LogP contribution in [0.25, 0.3) is 5.57 Å². The summed E-state index contributed by atoms with van der Waals surface area (Å²) in [6.07, 6.45) is 8.50. The van der Waals surface area contributed by atoms with Crippen LogP contribution in [0.3, 0.4) is 0 Å². The van der Waals surface area contributed by atoms with Gasteiger partial charge < -0.3 is 4.74 Å². The first kappa shape index (κ1) is 13.6. The van der Waals surface area contributed by atoms with E-state index in [1.807, 2.05) is 0 Å². The number of fused-ring (bicyclic) bond motifs is 2. The van der Waals surface area contributed by atoms with Crippen molar-refractivity contribution < 1.29 is 4.74 Å². The molecule has 1 aromatic rings. The average Bonchev–Trinajstić information content (AvgIpc) is 2.82. The van der Waals surface area contributed by atoms with E-state index in [2.05, 4.69) is 51.1 Å². The molecule has 3 rings (SSSR count). The SMILES string of the molecule is CC(C)C(C)OCc1ccc2c(c1)CC1=C2C=CCC1. The predicted molar refractivity (Wildman–Crippen MR) is 84.5 cm³/mol. The second-order valence-electron chi connectivity index (χ2n) is 6.39. The third-order valence-corrected chi connectivity index (χ3v) is 4.59. The highest BCUT2D eigenvalue weighted by Gasteiger charge is 2.21. The van der Waals surface area contributed by atoms with Crippen molar-refractivity contribution in [2.24, 2.45) is 5.92 Å². The van der Waals surface area contributed by atoms with Crippen LogP contribution in [0.15, 0.2) is 35.9 Å². The molecule has 1 unspecified atom stereocenters. The van der Waals surface area contributed by atoms with E-state index in [0.717, 1.165) is 13.0 Å². The fraction of sp³-hybridized carbons (Fsp3) is 0.474. The van der Waals surface area contributed by atoms with Gasteiger partial charge >= 0.3 is 0 Å². The van der Waals surface area contributed by atoms with Crippen LogP contribution >= 0.6 is 0 Å². The lowest BCUT2D eigenvalue weighted by Crippen LogP contribution is -2.15. The molecule has 2 aliphatic rings. The van der Waals surface area contributed by atoms with Crippen LogP contribution in [0.2, 0.25) is 0 Å². The Bertz CT molecular complexity index is 563. The van der Waals surface area contributed by atoms with Gasteiger partial charge in [-0.3, -0.25) is 0 Å². The zero-order valence-electron chi connectivity index (χ0n) is 12.8. The van der Waals surface area contributed by atoms with E-state index in [4.69, 9.17) is 4.74 Å². The van der Waals surface area contributed by atoms with Gasteiger partial charge in [-0.25, -0.2) is 0 Å². The molecule has 106 valence electrons. The van der Waals surface area contributed by atoms with E-state index < -0.39 is 0 Å². The van der Waals surface area contributed by atoms with Crippen LogP contribution in [-0.2, 0) is 17.8 Å². The van der Waals surface area contributed by atoms with Gasteiger partial charge in [0.2, 0.25) is 0 Å². The van der Waals surface area contributed by atoms with E-state index in [9.17, 15) is 0 Å². The average molecular weight is 268 g/mol. The van der Waals surface area contributed by atoms with Gasteiger partial charge in [0.25, 0.3) is 0 Å². The Morgan fingerprint density at radius 1 is 1.20 bits per heavy atom. The van der Waals surface area contributed by atoms with E-state index in [1.165, 1.54) is 35.1 Å². The second kappa shape index (κ2) is 5.57. The summed E-state index contributed by atoms with van der Waals surface area (Å²) >= 11 is 0. The van der Waals surface area contributed by atoms with Gasteiger partial charge in [-0.05, 0) is 54.4 Å². The van der Waals surface area contributed by atoms with Crippen molar-refractivity contribution in [3.8, 4) is 0 Å². The van der Waals surface area contributed by atoms with Crippen LogP contribution in [0.5, 0.6) is 0 Å². The molecule has 0 heterocycles. The Kier molecular flexibility index (Phi) is 3.80. The molecule has 0 saturated carbocycles. The van der Waals surface area contributed by atoms with Crippen molar-refractivity contribution in [1.29, 1.82) is 0 Å². The summed E-state index contributed by atoms with van der Waals surface area (Å²) in [4.78, 5) is 0. The molecular weight excluding hydrogens is 244 g/mol. The highest BCUT2D eigenvalue weighted by atomic mass is 16.5. The number of benzene rings is 1. The van der Waals surface area contributed by atoms with E-state index in [1.54, 1.807) is 5.57 Å². The number of allylic oxidation sites excluding steroid dienone is 4. The molecule has 0 saturated heterocycles. The van der Waals surface area contributed by atoms with Crippen molar-refractivity contribution >= 4 is 5.57 Å². The van der Waals surface area contributed by atoms with Crippen molar-refractivity contribution in [3.63, 3.8) is 0 Å². The molecule has 0 bridgehead atoms. The largest absolute Gasteiger partial charge is 0.374 e. The zero-order valence-corrected chi connectivity index (χ0v) is 12.8. The smallest absolute Gasteiger partial charge is 0.0720 e. The van der Waals surface area contributed by atoms with Crippen molar-refractivity contribution in [3.05, 3.63) is 52.6 Å². The molecule has 0 N–H and O–H groups in total. The summed E-state index contributed by atoms with van der Waals surface area (Å²) in [7, 11) is 0. The van der Waals surface area contributed by atoms with Gasteiger partial charge in [-0.2, -0.15) is 0 Å². The molecule has 1 nitrogen and oxygen atoms in total. The van der Waals surface area contributed by atoms with Crippen LogP contribution < -0.4 is 0 Å². The molecule has 1 atom stereocenters. The molecule has 0 fully saturated rings. The molecule has 0 amide bonds. The minimum absolute atomic E-state index is 0.317. The Hall–Kier alpha value is -1.34. The summed E-state index contributed by atoms with van der Waals surface area (Å²) in [6, 6.07) is 6.85. The minimum atomic E-state index is 0.317. The van der Waals surface area contributed by atoms with Crippen LogP contribution in [0.4, 0.5) is 0 Å². The summed E-state index contributed by atoms with van der Waals surface area (Å²) < 4.78 is 5.94. The molecule has 0 aliphatic heterocycles. The molecule has 0 spiro atoms. The van der Waals surface area contributed by atoms with Crippen molar-refractivity contribution in [1.82, 2.24) is 0 Å². The number of hydrogen-bond acceptors (Lipinski definition) is 1. The van der Waals surface area contributed by atoms with Crippen LogP contribution in [0.1, 0.15) is 50.3 Å².